The van der Waals surface area contributed by atoms with E-state index in [1.807, 2.05) is 6.07 Å². The molecule has 2 aliphatic rings. The molecule has 1 atom stereocenters. The number of benzene rings is 2. The van der Waals surface area contributed by atoms with Gasteiger partial charge >= 0.3 is 0 Å². The number of anilines is 1. The number of carbonyl (C=O) groups excluding carboxylic acids is 1. The highest BCUT2D eigenvalue weighted by Crippen LogP contribution is 2.51. The Kier molecular flexibility index (Phi) is 8.27. The number of hydrogen-bond donors (Lipinski definition) is 2. The highest BCUT2D eigenvalue weighted by atomic mass is 35.5. The average Bonchev–Trinajstić information content (AvgIpc) is 2.77. The van der Waals surface area contributed by atoms with Crippen LogP contribution in [0.2, 0.25) is 10.0 Å². The summed E-state index contributed by atoms with van der Waals surface area (Å²) >= 11 is 12.7. The van der Waals surface area contributed by atoms with Crippen molar-refractivity contribution in [2.75, 3.05) is 17.6 Å². The topological polar surface area (TPSA) is 93.7 Å². The van der Waals surface area contributed by atoms with E-state index in [1.54, 1.807) is 24.3 Å². The summed E-state index contributed by atoms with van der Waals surface area (Å²) < 4.78 is 38.5. The van der Waals surface area contributed by atoms with Gasteiger partial charge in [0.1, 0.15) is 17.1 Å². The number of aryl methyl sites for hydroxylation is 1. The van der Waals surface area contributed by atoms with E-state index in [2.05, 4.69) is 17.0 Å². The standard InChI is InChI=1S/C26H32Cl2N2O5S/c1-3-4-13-34-24-17(7-5-8-21(24)30-36(2,32)33)9-10-23(31)29-22-16-26(11-6-12-26)35-25-19(22)14-18(27)15-20(25)28/h5,7-8,14-15,22,30H,3-4,6,9-13,16H2,1-2H3,(H,29,31). The average molecular weight is 556 g/mol. The SMILES string of the molecule is CCCCOc1c(CCC(=O)NC2CC3(CCC3)Oc3c(Cl)cc(Cl)cc32)cccc1NS(C)(=O)=O. The van der Waals surface area contributed by atoms with E-state index < -0.39 is 10.0 Å². The predicted molar refractivity (Wildman–Crippen MR) is 143 cm³/mol. The van der Waals surface area contributed by atoms with Crippen LogP contribution in [0, 0.1) is 0 Å². The number of carbonyl (C=O) groups is 1. The maximum atomic E-state index is 13.1. The van der Waals surface area contributed by atoms with Crippen LogP contribution >= 0.6 is 23.2 Å². The van der Waals surface area contributed by atoms with Crippen LogP contribution in [0.3, 0.4) is 0 Å². The summed E-state index contributed by atoms with van der Waals surface area (Å²) in [6, 6.07) is 8.49. The van der Waals surface area contributed by atoms with Crippen LogP contribution in [0.25, 0.3) is 0 Å². The first-order valence-corrected chi connectivity index (χ1v) is 14.9. The molecule has 0 aromatic heterocycles. The van der Waals surface area contributed by atoms with Crippen LogP contribution in [0.15, 0.2) is 30.3 Å². The molecule has 0 radical (unpaired) electrons. The Hall–Kier alpha value is -2.16. The van der Waals surface area contributed by atoms with Gasteiger partial charge < -0.3 is 14.8 Å². The number of halogens is 2. The van der Waals surface area contributed by atoms with E-state index >= 15 is 0 Å². The fourth-order valence-corrected chi connectivity index (χ4v) is 5.87. The molecule has 1 fully saturated rings. The van der Waals surface area contributed by atoms with Gasteiger partial charge in [-0.3, -0.25) is 9.52 Å². The van der Waals surface area contributed by atoms with Gasteiger partial charge in [0.25, 0.3) is 0 Å². The Morgan fingerprint density at radius 2 is 2.03 bits per heavy atom. The fourth-order valence-electron chi connectivity index (χ4n) is 4.76. The zero-order chi connectivity index (χ0) is 25.9. The van der Waals surface area contributed by atoms with Crippen molar-refractivity contribution < 1.29 is 22.7 Å². The Morgan fingerprint density at radius 1 is 1.25 bits per heavy atom. The quantitative estimate of drug-likeness (QED) is 0.349. The first-order valence-electron chi connectivity index (χ1n) is 12.3. The molecule has 36 heavy (non-hydrogen) atoms. The van der Waals surface area contributed by atoms with Gasteiger partial charge in [0.2, 0.25) is 15.9 Å². The number of nitrogens with one attached hydrogen (secondary N) is 2. The molecule has 1 saturated carbocycles. The van der Waals surface area contributed by atoms with Gasteiger partial charge in [0, 0.05) is 23.4 Å². The number of sulfonamides is 1. The van der Waals surface area contributed by atoms with Gasteiger partial charge in [0.05, 0.1) is 29.6 Å². The molecular formula is C26H32Cl2N2O5S. The molecular weight excluding hydrogens is 523 g/mol. The Bertz CT molecular complexity index is 1230. The second-order valence-electron chi connectivity index (χ2n) is 9.64. The number of para-hydroxylation sites is 1. The molecule has 1 spiro atoms. The van der Waals surface area contributed by atoms with E-state index in [-0.39, 0.29) is 24.0 Å². The highest BCUT2D eigenvalue weighted by molar-refractivity contribution is 7.92. The molecule has 1 heterocycles. The van der Waals surface area contributed by atoms with Gasteiger partial charge in [-0.05, 0) is 55.9 Å². The number of amides is 1. The summed E-state index contributed by atoms with van der Waals surface area (Å²) in [5, 5.41) is 4.11. The molecule has 0 bridgehead atoms. The molecule has 7 nitrogen and oxygen atoms in total. The lowest BCUT2D eigenvalue weighted by molar-refractivity contribution is -0.123. The lowest BCUT2D eigenvalue weighted by Gasteiger charge is -2.48. The number of rotatable bonds is 10. The van der Waals surface area contributed by atoms with Crippen molar-refractivity contribution in [1.82, 2.24) is 5.32 Å². The molecule has 1 unspecified atom stereocenters. The minimum absolute atomic E-state index is 0.126. The first-order chi connectivity index (χ1) is 17.1. The van der Waals surface area contributed by atoms with Crippen molar-refractivity contribution in [3.05, 3.63) is 51.5 Å². The molecule has 196 valence electrons. The zero-order valence-corrected chi connectivity index (χ0v) is 22.9. The molecule has 1 amide bonds. The van der Waals surface area contributed by atoms with Crippen molar-refractivity contribution in [2.45, 2.75) is 69.9 Å². The second-order valence-corrected chi connectivity index (χ2v) is 12.2. The minimum Gasteiger partial charge on any atom is -0.491 e. The van der Waals surface area contributed by atoms with Gasteiger partial charge in [-0.1, -0.05) is 48.7 Å². The summed E-state index contributed by atoms with van der Waals surface area (Å²) in [4.78, 5) is 13.1. The third kappa shape index (κ3) is 6.39. The largest absolute Gasteiger partial charge is 0.491 e. The van der Waals surface area contributed by atoms with Crippen molar-refractivity contribution in [3.8, 4) is 11.5 Å². The van der Waals surface area contributed by atoms with Crippen molar-refractivity contribution in [2.24, 2.45) is 0 Å². The summed E-state index contributed by atoms with van der Waals surface area (Å²) in [7, 11) is -3.48. The second kappa shape index (κ2) is 11.1. The summed E-state index contributed by atoms with van der Waals surface area (Å²) in [5.41, 5.74) is 1.64. The predicted octanol–water partition coefficient (Wildman–Crippen LogP) is 6.04. The van der Waals surface area contributed by atoms with E-state index in [9.17, 15) is 13.2 Å². The lowest BCUT2D eigenvalue weighted by Crippen LogP contribution is -2.49. The van der Waals surface area contributed by atoms with Crippen LogP contribution in [0.4, 0.5) is 5.69 Å². The molecule has 4 rings (SSSR count). The maximum Gasteiger partial charge on any atom is 0.229 e. The van der Waals surface area contributed by atoms with Crippen LogP contribution in [-0.2, 0) is 21.2 Å². The zero-order valence-electron chi connectivity index (χ0n) is 20.5. The minimum atomic E-state index is -3.48. The van der Waals surface area contributed by atoms with Gasteiger partial charge in [-0.2, -0.15) is 0 Å². The summed E-state index contributed by atoms with van der Waals surface area (Å²) in [6.07, 6.45) is 7.09. The van der Waals surface area contributed by atoms with Crippen molar-refractivity contribution in [1.29, 1.82) is 0 Å². The van der Waals surface area contributed by atoms with Crippen molar-refractivity contribution >= 4 is 44.8 Å². The Balaban J connectivity index is 1.50. The molecule has 2 aromatic rings. The van der Waals surface area contributed by atoms with Crippen LogP contribution in [0.1, 0.15) is 69.0 Å². The van der Waals surface area contributed by atoms with Crippen LogP contribution < -0.4 is 19.5 Å². The fraction of sp³-hybridized carbons (Fsp3) is 0.500. The van der Waals surface area contributed by atoms with Crippen molar-refractivity contribution in [3.63, 3.8) is 0 Å². The highest BCUT2D eigenvalue weighted by Gasteiger charge is 2.46. The lowest BCUT2D eigenvalue weighted by atomic mass is 9.73. The first kappa shape index (κ1) is 26.9. The maximum absolute atomic E-state index is 13.1. The number of fused-ring (bicyclic) bond motifs is 1. The summed E-state index contributed by atoms with van der Waals surface area (Å²) in [6.45, 7) is 2.51. The Labute approximate surface area is 222 Å². The Morgan fingerprint density at radius 3 is 2.69 bits per heavy atom. The molecule has 2 N–H and O–H groups in total. The summed E-state index contributed by atoms with van der Waals surface area (Å²) in [5.74, 6) is 0.940. The van der Waals surface area contributed by atoms with Gasteiger partial charge in [-0.25, -0.2) is 8.42 Å². The number of unbranched alkanes of at least 4 members (excludes halogenated alkanes) is 1. The van der Waals surface area contributed by atoms with E-state index in [0.717, 1.165) is 49.5 Å². The smallest absolute Gasteiger partial charge is 0.229 e. The monoisotopic (exact) mass is 554 g/mol. The number of ether oxygens (including phenoxy) is 2. The third-order valence-corrected chi connectivity index (χ3v) is 7.75. The van der Waals surface area contributed by atoms with E-state index in [4.69, 9.17) is 32.7 Å². The molecule has 0 saturated heterocycles. The van der Waals surface area contributed by atoms with Crippen LogP contribution in [0.5, 0.6) is 11.5 Å². The van der Waals surface area contributed by atoms with E-state index in [1.165, 1.54) is 0 Å². The van der Waals surface area contributed by atoms with Crippen LogP contribution in [-0.4, -0.2) is 32.8 Å². The normalized spacial score (nSPS) is 18.1. The van der Waals surface area contributed by atoms with E-state index in [0.29, 0.717) is 46.7 Å². The number of hydrogen-bond acceptors (Lipinski definition) is 5. The molecule has 1 aliphatic heterocycles. The molecule has 2 aromatic carbocycles. The van der Waals surface area contributed by atoms with Gasteiger partial charge in [0.15, 0.2) is 0 Å². The van der Waals surface area contributed by atoms with Gasteiger partial charge in [-0.15, -0.1) is 0 Å². The third-order valence-electron chi connectivity index (χ3n) is 6.66. The molecule has 10 heteroatoms. The molecule has 1 aliphatic carbocycles.